The molecule has 0 fully saturated rings. The maximum atomic E-state index is 13.5. The molecule has 0 saturated carbocycles. The molecule has 0 saturated heterocycles. The van der Waals surface area contributed by atoms with Crippen LogP contribution in [0.15, 0.2) is 24.3 Å². The lowest BCUT2D eigenvalue weighted by molar-refractivity contribution is -0.905. The molecule has 0 spiro atoms. The first-order valence-electron chi connectivity index (χ1n) is 24.2. The van der Waals surface area contributed by atoms with Crippen LogP contribution in [-0.2, 0) is 28.2 Å². The highest BCUT2D eigenvalue weighted by Gasteiger charge is 2.38. The van der Waals surface area contributed by atoms with Gasteiger partial charge < -0.3 is 38.2 Å². The zero-order valence-electron chi connectivity index (χ0n) is 38.7. The Morgan fingerprint density at radius 3 is 1.41 bits per heavy atom. The number of quaternary nitrogens is 1. The van der Waals surface area contributed by atoms with Crippen LogP contribution in [-0.4, -0.2) is 78.7 Å². The second-order valence-electron chi connectivity index (χ2n) is 17.3. The normalized spacial score (nSPS) is 14.3. The van der Waals surface area contributed by atoms with E-state index in [2.05, 4.69) is 38.2 Å². The summed E-state index contributed by atoms with van der Waals surface area (Å²) in [6.07, 6.45) is 38.0. The molecule has 11 heteroatoms. The molecule has 0 amide bonds. The first-order chi connectivity index (χ1) is 28.4. The third kappa shape index (κ3) is 35.7. The minimum Gasteiger partial charge on any atom is -0.774 e. The van der Waals surface area contributed by atoms with E-state index >= 15 is 0 Å². The van der Waals surface area contributed by atoms with Crippen molar-refractivity contribution in [2.24, 2.45) is 0 Å². The van der Waals surface area contributed by atoms with Gasteiger partial charge in [0, 0.05) is 25.7 Å². The molecule has 0 aliphatic rings. The first kappa shape index (κ1) is 57.4. The number of aliphatic hydroxyl groups excluding tert-OH is 1. The van der Waals surface area contributed by atoms with Gasteiger partial charge in [-0.15, -0.1) is 0 Å². The fraction of sp³-hybridized carbons (Fsp3) is 0.875. The van der Waals surface area contributed by atoms with Crippen molar-refractivity contribution in [2.75, 3.05) is 33.9 Å². The molecule has 348 valence electrons. The number of hydrogen-bond donors (Lipinski definition) is 2. The van der Waals surface area contributed by atoms with Crippen molar-refractivity contribution in [3.63, 3.8) is 0 Å². The van der Waals surface area contributed by atoms with Gasteiger partial charge in [0.25, 0.3) is 0 Å². The molecule has 0 heterocycles. The highest BCUT2D eigenvalue weighted by Crippen LogP contribution is 2.48. The van der Waals surface area contributed by atoms with Crippen molar-refractivity contribution >= 4 is 19.5 Å². The maximum absolute atomic E-state index is 13.5. The number of rotatable bonds is 43. The molecule has 0 aliphatic carbocycles. The summed E-state index contributed by atoms with van der Waals surface area (Å²) >= 11 is 0. The fourth-order valence-electron chi connectivity index (χ4n) is 7.32. The van der Waals surface area contributed by atoms with Gasteiger partial charge in [-0.05, 0) is 70.6 Å². The van der Waals surface area contributed by atoms with Crippen molar-refractivity contribution in [3.05, 3.63) is 24.3 Å². The number of esters is 2. The smallest absolute Gasteiger partial charge is 0.306 e. The number of hydrogen-bond acceptors (Lipinski definition) is 9. The number of carbonyl (C=O) groups is 2. The summed E-state index contributed by atoms with van der Waals surface area (Å²) in [5.41, 5.74) is 0. The number of carbonyl (C=O) groups excluding carboxylic acids is 2. The molecule has 2 N–H and O–H groups in total. The molecule has 10 nitrogen and oxygen atoms in total. The Morgan fingerprint density at radius 2 is 0.983 bits per heavy atom. The molecule has 0 aromatic rings. The summed E-state index contributed by atoms with van der Waals surface area (Å²) in [6, 6.07) is 0. The predicted molar refractivity (Wildman–Crippen MR) is 242 cm³/mol. The van der Waals surface area contributed by atoms with Gasteiger partial charge in [-0.25, -0.2) is 0 Å². The van der Waals surface area contributed by atoms with Crippen LogP contribution in [0.3, 0.4) is 0 Å². The van der Waals surface area contributed by atoms with Crippen LogP contribution in [0.4, 0.5) is 0 Å². The molecule has 0 bridgehead atoms. The van der Waals surface area contributed by atoms with Crippen LogP contribution >= 0.6 is 7.60 Å². The highest BCUT2D eigenvalue weighted by molar-refractivity contribution is 7.51. The van der Waals surface area contributed by atoms with Gasteiger partial charge >= 0.3 is 11.9 Å². The van der Waals surface area contributed by atoms with Crippen molar-refractivity contribution < 1.29 is 47.7 Å². The molecular weight excluding hydrogens is 765 g/mol. The summed E-state index contributed by atoms with van der Waals surface area (Å²) in [5, 5.41) is 18.8. The van der Waals surface area contributed by atoms with E-state index in [0.717, 1.165) is 70.6 Å². The van der Waals surface area contributed by atoms with E-state index in [1.807, 2.05) is 6.92 Å². The Morgan fingerprint density at radius 1 is 0.576 bits per heavy atom. The van der Waals surface area contributed by atoms with E-state index in [-0.39, 0.29) is 36.9 Å². The first-order valence-corrected chi connectivity index (χ1v) is 25.8. The van der Waals surface area contributed by atoms with E-state index in [1.165, 1.54) is 83.5 Å². The minimum atomic E-state index is -4.53. The topological polar surface area (TPSA) is 142 Å². The van der Waals surface area contributed by atoms with Gasteiger partial charge in [0.1, 0.15) is 6.61 Å². The monoisotopic (exact) mass is 858 g/mol. The average Bonchev–Trinajstić information content (AvgIpc) is 3.20. The van der Waals surface area contributed by atoms with Crippen LogP contribution in [0.1, 0.15) is 220 Å². The molecule has 0 aromatic carbocycles. The molecule has 59 heavy (non-hydrogen) atoms. The number of unbranched alkanes of at least 4 members (excludes halogenated alkanes) is 22. The van der Waals surface area contributed by atoms with Gasteiger partial charge in [-0.2, -0.15) is 0 Å². The highest BCUT2D eigenvalue weighted by atomic mass is 31.2. The second kappa shape index (κ2) is 39.3. The van der Waals surface area contributed by atoms with Crippen LogP contribution in [0.5, 0.6) is 0 Å². The Bertz CT molecular complexity index is 1100. The standard InChI is InChI=1S/C48H92NO9P/c1-6-9-11-13-15-17-19-21-23-25-27-29-31-33-35-38-47(52)56-42-44(43-57-59(54,55)45(37-8-3)49(4,5)41-40-46(50)51)58-48(53)39-36-34-32-30-28-26-24-22-20-18-16-14-12-10-7-2/h21-24,44-46,50-51H,6-20,25-43H2,1-5H3/b23-21-,24-22-/t44-,45?/m1/s1. The van der Waals surface area contributed by atoms with Crippen molar-refractivity contribution in [3.8, 4) is 0 Å². The zero-order chi connectivity index (χ0) is 43.9. The third-order valence-corrected chi connectivity index (χ3v) is 13.3. The fourth-order valence-corrected chi connectivity index (χ4v) is 9.32. The minimum absolute atomic E-state index is 0.0104. The zero-order valence-corrected chi connectivity index (χ0v) is 39.6. The summed E-state index contributed by atoms with van der Waals surface area (Å²) in [4.78, 5) is 39.1. The van der Waals surface area contributed by atoms with Gasteiger partial charge in [0.15, 0.2) is 25.8 Å². The largest absolute Gasteiger partial charge is 0.774 e. The number of nitrogens with zero attached hydrogens (tertiary/aromatic N) is 1. The molecule has 3 atom stereocenters. The quantitative estimate of drug-likeness (QED) is 0.0153. The van der Waals surface area contributed by atoms with E-state index in [0.29, 0.717) is 25.7 Å². The Labute approximate surface area is 362 Å². The molecule has 0 radical (unpaired) electrons. The lowest BCUT2D eigenvalue weighted by Gasteiger charge is -2.44. The SMILES string of the molecule is CCCCCCCC/C=C\CCCCCCCC(=O)OC[C@H](COP(=O)([O-])C(CCC)[N+](C)(C)CCC(O)O)OC(=O)CCCCCCC/C=C\CCCCCCCC. The molecule has 0 aromatic heterocycles. The second-order valence-corrected chi connectivity index (χ2v) is 19.3. The van der Waals surface area contributed by atoms with Crippen LogP contribution in [0, 0.1) is 0 Å². The van der Waals surface area contributed by atoms with Gasteiger partial charge in [0.05, 0.1) is 27.2 Å². The summed E-state index contributed by atoms with van der Waals surface area (Å²) < 4.78 is 30.2. The summed E-state index contributed by atoms with van der Waals surface area (Å²) in [6.45, 7) is 5.84. The van der Waals surface area contributed by atoms with Crippen molar-refractivity contribution in [1.82, 2.24) is 0 Å². The van der Waals surface area contributed by atoms with Gasteiger partial charge in [-0.1, -0.05) is 148 Å². The average molecular weight is 858 g/mol. The van der Waals surface area contributed by atoms with Crippen molar-refractivity contribution in [2.45, 2.75) is 238 Å². The maximum Gasteiger partial charge on any atom is 0.306 e. The van der Waals surface area contributed by atoms with Crippen molar-refractivity contribution in [1.29, 1.82) is 0 Å². The van der Waals surface area contributed by atoms with E-state index in [4.69, 9.17) is 14.0 Å². The summed E-state index contributed by atoms with van der Waals surface area (Å²) in [5.74, 6) is -1.82. The van der Waals surface area contributed by atoms with Crippen LogP contribution in [0.25, 0.3) is 0 Å². The number of aliphatic hydroxyl groups is 2. The molecular formula is C48H92NO9P. The van der Waals surface area contributed by atoms with E-state index in [9.17, 15) is 29.3 Å². The van der Waals surface area contributed by atoms with Crippen LogP contribution in [0.2, 0.25) is 0 Å². The van der Waals surface area contributed by atoms with E-state index in [1.54, 1.807) is 14.1 Å². The van der Waals surface area contributed by atoms with Crippen LogP contribution < -0.4 is 4.89 Å². The molecule has 0 aliphatic heterocycles. The third-order valence-electron chi connectivity index (χ3n) is 11.1. The molecule has 0 rings (SSSR count). The lowest BCUT2D eigenvalue weighted by Crippen LogP contribution is -2.51. The van der Waals surface area contributed by atoms with Gasteiger partial charge in [0.2, 0.25) is 0 Å². The Balaban J connectivity index is 4.82. The Kier molecular flexibility index (Phi) is 38.3. The Hall–Kier alpha value is -1.55. The number of ether oxygens (including phenoxy) is 2. The lowest BCUT2D eigenvalue weighted by atomic mass is 10.1. The number of allylic oxidation sites excluding steroid dienone is 4. The summed E-state index contributed by atoms with van der Waals surface area (Å²) in [7, 11) is -1.08. The predicted octanol–water partition coefficient (Wildman–Crippen LogP) is 12.0. The van der Waals surface area contributed by atoms with Gasteiger partial charge in [-0.3, -0.25) is 9.59 Å². The van der Waals surface area contributed by atoms with E-state index < -0.39 is 44.3 Å². The molecule has 2 unspecified atom stereocenters.